The Hall–Kier alpha value is -2.19. The number of benzene rings is 1. The minimum Gasteiger partial charge on any atom is -0.322 e. The van der Waals surface area contributed by atoms with E-state index in [1.807, 2.05) is 6.07 Å². The number of aromatic nitrogens is 2. The molecule has 0 saturated carbocycles. The van der Waals surface area contributed by atoms with Gasteiger partial charge in [-0.05, 0) is 31.2 Å². The van der Waals surface area contributed by atoms with Gasteiger partial charge in [-0.25, -0.2) is 14.4 Å². The summed E-state index contributed by atoms with van der Waals surface area (Å²) in [7, 11) is 0. The molecule has 0 amide bonds. The van der Waals surface area contributed by atoms with E-state index in [0.717, 1.165) is 0 Å². The summed E-state index contributed by atoms with van der Waals surface area (Å²) in [6, 6.07) is 7.56. The Morgan fingerprint density at radius 3 is 2.83 bits per heavy atom. The first-order valence-corrected chi connectivity index (χ1v) is 5.44. The Kier molecular flexibility index (Phi) is 3.40. The second-order valence-electron chi connectivity index (χ2n) is 3.58. The second-order valence-corrected chi connectivity index (χ2v) is 4.02. The van der Waals surface area contributed by atoms with Crippen molar-refractivity contribution in [3.8, 4) is 6.07 Å². The summed E-state index contributed by atoms with van der Waals surface area (Å²) in [5, 5.41) is 11.9. The lowest BCUT2D eigenvalue weighted by Crippen LogP contribution is -2.01. The maximum absolute atomic E-state index is 13.5. The van der Waals surface area contributed by atoms with Crippen molar-refractivity contribution in [2.24, 2.45) is 0 Å². The average molecular weight is 263 g/mol. The van der Waals surface area contributed by atoms with E-state index in [2.05, 4.69) is 15.3 Å². The van der Waals surface area contributed by atoms with Crippen LogP contribution in [0.1, 0.15) is 11.4 Å². The lowest BCUT2D eigenvalue weighted by molar-refractivity contribution is 0.631. The van der Waals surface area contributed by atoms with Crippen molar-refractivity contribution in [1.29, 1.82) is 5.26 Å². The van der Waals surface area contributed by atoms with Gasteiger partial charge in [-0.1, -0.05) is 11.6 Å². The molecule has 0 aliphatic carbocycles. The Labute approximate surface area is 108 Å². The molecule has 4 nitrogen and oxygen atoms in total. The molecular weight excluding hydrogens is 255 g/mol. The molecule has 0 saturated heterocycles. The topological polar surface area (TPSA) is 61.6 Å². The lowest BCUT2D eigenvalue weighted by atomic mass is 10.3. The second kappa shape index (κ2) is 4.98. The van der Waals surface area contributed by atoms with Gasteiger partial charge in [0.2, 0.25) is 5.95 Å². The largest absolute Gasteiger partial charge is 0.322 e. The van der Waals surface area contributed by atoms with Crippen molar-refractivity contribution in [1.82, 2.24) is 9.97 Å². The standard InChI is InChI=1S/C12H8ClFN4/c1-7-4-9(6-15)17-12(16-7)18-11-5-8(13)2-3-10(11)14/h2-5H,1H3,(H,16,17,18). The third kappa shape index (κ3) is 2.73. The summed E-state index contributed by atoms with van der Waals surface area (Å²) in [5.41, 5.74) is 0.996. The zero-order valence-electron chi connectivity index (χ0n) is 9.41. The van der Waals surface area contributed by atoms with E-state index in [1.54, 1.807) is 13.0 Å². The van der Waals surface area contributed by atoms with Crippen molar-refractivity contribution in [3.63, 3.8) is 0 Å². The molecule has 1 N–H and O–H groups in total. The molecule has 0 radical (unpaired) electrons. The van der Waals surface area contributed by atoms with Gasteiger partial charge in [0.05, 0.1) is 5.69 Å². The molecule has 0 unspecified atom stereocenters. The molecule has 1 heterocycles. The molecule has 1 aromatic carbocycles. The van der Waals surface area contributed by atoms with Crippen molar-refractivity contribution < 1.29 is 4.39 Å². The SMILES string of the molecule is Cc1cc(C#N)nc(Nc2cc(Cl)ccc2F)n1. The van der Waals surface area contributed by atoms with Gasteiger partial charge in [-0.2, -0.15) is 5.26 Å². The summed E-state index contributed by atoms with van der Waals surface area (Å²) >= 11 is 5.77. The zero-order valence-corrected chi connectivity index (χ0v) is 10.2. The van der Waals surface area contributed by atoms with Crippen LogP contribution in [0.15, 0.2) is 24.3 Å². The Bertz CT molecular complexity index is 636. The van der Waals surface area contributed by atoms with Crippen molar-refractivity contribution >= 4 is 23.2 Å². The predicted octanol–water partition coefficient (Wildman–Crippen LogP) is 3.19. The number of hydrogen-bond donors (Lipinski definition) is 1. The number of hydrogen-bond acceptors (Lipinski definition) is 4. The Morgan fingerprint density at radius 1 is 1.33 bits per heavy atom. The van der Waals surface area contributed by atoms with E-state index in [1.165, 1.54) is 18.2 Å². The monoisotopic (exact) mass is 262 g/mol. The van der Waals surface area contributed by atoms with Crippen LogP contribution >= 0.6 is 11.6 Å². The van der Waals surface area contributed by atoms with Gasteiger partial charge < -0.3 is 5.32 Å². The fourth-order valence-corrected chi connectivity index (χ4v) is 1.57. The number of anilines is 2. The maximum atomic E-state index is 13.5. The summed E-state index contributed by atoms with van der Waals surface area (Å²) in [6.45, 7) is 1.72. The van der Waals surface area contributed by atoms with Gasteiger partial charge in [0.25, 0.3) is 0 Å². The third-order valence-corrected chi connectivity index (χ3v) is 2.38. The Morgan fingerprint density at radius 2 is 2.11 bits per heavy atom. The smallest absolute Gasteiger partial charge is 0.228 e. The number of nitrogens with one attached hydrogen (secondary N) is 1. The van der Waals surface area contributed by atoms with Crippen LogP contribution in [-0.2, 0) is 0 Å². The fourth-order valence-electron chi connectivity index (χ4n) is 1.40. The van der Waals surface area contributed by atoms with Crippen molar-refractivity contribution in [2.75, 3.05) is 5.32 Å². The highest BCUT2D eigenvalue weighted by molar-refractivity contribution is 6.30. The summed E-state index contributed by atoms with van der Waals surface area (Å²) in [5.74, 6) is -0.310. The van der Waals surface area contributed by atoms with Gasteiger partial charge in [0, 0.05) is 10.7 Å². The normalized spacial score (nSPS) is 9.89. The third-order valence-electron chi connectivity index (χ3n) is 2.14. The number of aryl methyl sites for hydroxylation is 1. The van der Waals surface area contributed by atoms with Crippen LogP contribution in [0.4, 0.5) is 16.0 Å². The molecule has 0 aliphatic heterocycles. The van der Waals surface area contributed by atoms with Gasteiger partial charge >= 0.3 is 0 Å². The number of halogens is 2. The highest BCUT2D eigenvalue weighted by Crippen LogP contribution is 2.22. The van der Waals surface area contributed by atoms with E-state index >= 15 is 0 Å². The summed E-state index contributed by atoms with van der Waals surface area (Å²) in [6.07, 6.45) is 0. The van der Waals surface area contributed by atoms with Crippen LogP contribution in [0.5, 0.6) is 0 Å². The van der Waals surface area contributed by atoms with Gasteiger partial charge in [-0.3, -0.25) is 0 Å². The fraction of sp³-hybridized carbons (Fsp3) is 0.0833. The van der Waals surface area contributed by atoms with Crippen LogP contribution in [0, 0.1) is 24.1 Å². The molecular formula is C12H8ClFN4. The minimum atomic E-state index is -0.469. The molecule has 2 rings (SSSR count). The molecule has 0 spiro atoms. The molecule has 1 aromatic heterocycles. The molecule has 6 heteroatoms. The molecule has 90 valence electrons. The lowest BCUT2D eigenvalue weighted by Gasteiger charge is -2.07. The van der Waals surface area contributed by atoms with E-state index in [9.17, 15) is 4.39 Å². The van der Waals surface area contributed by atoms with Gasteiger partial charge in [0.15, 0.2) is 0 Å². The number of rotatable bonds is 2. The number of nitriles is 1. The van der Waals surface area contributed by atoms with E-state index < -0.39 is 5.82 Å². The van der Waals surface area contributed by atoms with Gasteiger partial charge in [0.1, 0.15) is 17.6 Å². The predicted molar refractivity (Wildman–Crippen MR) is 66.2 cm³/mol. The van der Waals surface area contributed by atoms with E-state index in [4.69, 9.17) is 16.9 Å². The minimum absolute atomic E-state index is 0.160. The van der Waals surface area contributed by atoms with Crippen LogP contribution in [0.2, 0.25) is 5.02 Å². The zero-order chi connectivity index (χ0) is 13.1. The summed E-state index contributed by atoms with van der Waals surface area (Å²) < 4.78 is 13.5. The molecule has 0 atom stereocenters. The first kappa shape index (κ1) is 12.3. The van der Waals surface area contributed by atoms with Crippen molar-refractivity contribution in [3.05, 3.63) is 46.5 Å². The van der Waals surface area contributed by atoms with Crippen LogP contribution in [0.25, 0.3) is 0 Å². The Balaban J connectivity index is 2.37. The molecule has 0 bridgehead atoms. The first-order chi connectivity index (χ1) is 8.58. The van der Waals surface area contributed by atoms with Crippen LogP contribution in [-0.4, -0.2) is 9.97 Å². The molecule has 0 aliphatic rings. The maximum Gasteiger partial charge on any atom is 0.228 e. The molecule has 18 heavy (non-hydrogen) atoms. The van der Waals surface area contributed by atoms with E-state index in [-0.39, 0.29) is 17.3 Å². The van der Waals surface area contributed by atoms with E-state index in [0.29, 0.717) is 10.7 Å². The highest BCUT2D eigenvalue weighted by atomic mass is 35.5. The highest BCUT2D eigenvalue weighted by Gasteiger charge is 2.06. The average Bonchev–Trinajstić information content (AvgIpc) is 2.33. The first-order valence-electron chi connectivity index (χ1n) is 5.06. The van der Waals surface area contributed by atoms with Crippen LogP contribution < -0.4 is 5.32 Å². The van der Waals surface area contributed by atoms with Crippen LogP contribution in [0.3, 0.4) is 0 Å². The number of nitrogens with zero attached hydrogens (tertiary/aromatic N) is 3. The molecule has 0 fully saturated rings. The van der Waals surface area contributed by atoms with Gasteiger partial charge in [-0.15, -0.1) is 0 Å². The van der Waals surface area contributed by atoms with Crippen molar-refractivity contribution in [2.45, 2.75) is 6.92 Å². The summed E-state index contributed by atoms with van der Waals surface area (Å²) in [4.78, 5) is 7.99. The quantitative estimate of drug-likeness (QED) is 0.903. The molecule has 2 aromatic rings.